The van der Waals surface area contributed by atoms with Crippen LogP contribution in [-0.4, -0.2) is 9.97 Å². The summed E-state index contributed by atoms with van der Waals surface area (Å²) in [5.41, 5.74) is 1.89. The smallest absolute Gasteiger partial charge is 0.371 e. The molecule has 2 aliphatic carbocycles. The molecule has 2 aromatic heterocycles. The van der Waals surface area contributed by atoms with Crippen molar-refractivity contribution in [2.75, 3.05) is 0 Å². The molecule has 2 aromatic carbocycles. The van der Waals surface area contributed by atoms with Crippen LogP contribution in [0, 0.1) is 47.6 Å². The van der Waals surface area contributed by atoms with Gasteiger partial charge in [0.1, 0.15) is 0 Å². The van der Waals surface area contributed by atoms with Gasteiger partial charge in [-0.15, -0.1) is 37.1 Å². The van der Waals surface area contributed by atoms with Crippen LogP contribution in [0.5, 0.6) is 0 Å². The van der Waals surface area contributed by atoms with E-state index >= 15 is 0 Å². The van der Waals surface area contributed by atoms with E-state index in [1.165, 1.54) is 24.3 Å². The van der Waals surface area contributed by atoms with Crippen LogP contribution in [0.4, 0.5) is 17.6 Å². The molecule has 0 bridgehead atoms. The molecule has 7 heteroatoms. The predicted octanol–water partition coefficient (Wildman–Crippen LogP) is 8.13. The van der Waals surface area contributed by atoms with E-state index in [0.29, 0.717) is 22.5 Å². The van der Waals surface area contributed by atoms with Gasteiger partial charge < -0.3 is 9.97 Å². The molecule has 0 aliphatic heterocycles. The zero-order valence-electron chi connectivity index (χ0n) is 19.7. The van der Waals surface area contributed by atoms with Crippen LogP contribution >= 0.6 is 0 Å². The van der Waals surface area contributed by atoms with E-state index in [-0.39, 0.29) is 21.7 Å². The number of benzene rings is 2. The zero-order valence-corrected chi connectivity index (χ0v) is 21.2. The van der Waals surface area contributed by atoms with Gasteiger partial charge >= 0.3 is 21.7 Å². The summed E-state index contributed by atoms with van der Waals surface area (Å²) in [5.74, 6) is -2.73. The second-order valence-corrected chi connectivity index (χ2v) is 7.24. The van der Waals surface area contributed by atoms with Crippen molar-refractivity contribution in [3.05, 3.63) is 145 Å². The van der Waals surface area contributed by atoms with Crippen LogP contribution in [0.1, 0.15) is 12.8 Å². The molecule has 0 radical (unpaired) electrons. The Labute approximate surface area is 229 Å². The van der Waals surface area contributed by atoms with Crippen molar-refractivity contribution in [3.63, 3.8) is 0 Å². The van der Waals surface area contributed by atoms with Crippen molar-refractivity contribution in [2.24, 2.45) is 0 Å². The maximum Gasteiger partial charge on any atom is 4.00 e. The van der Waals surface area contributed by atoms with E-state index in [1.807, 2.05) is 36.4 Å². The Hall–Kier alpha value is -3.61. The normalized spacial score (nSPS) is 12.0. The number of nitrogens with one attached hydrogen (secondary N) is 2. The second kappa shape index (κ2) is 16.2. The van der Waals surface area contributed by atoms with Crippen molar-refractivity contribution in [1.29, 1.82) is 0 Å². The Balaban J connectivity index is 0.000000187. The molecule has 0 spiro atoms. The monoisotopic (exact) mass is 534 g/mol. The fourth-order valence-electron chi connectivity index (χ4n) is 2.98. The van der Waals surface area contributed by atoms with Gasteiger partial charge in [0.25, 0.3) is 0 Å². The number of rotatable bonds is 2. The summed E-state index contributed by atoms with van der Waals surface area (Å²) in [5, 5.41) is 0. The fourth-order valence-corrected chi connectivity index (χ4v) is 2.98. The molecule has 4 aromatic rings. The Morgan fingerprint density at radius 2 is 1.03 bits per heavy atom. The van der Waals surface area contributed by atoms with Gasteiger partial charge in [-0.05, 0) is 35.7 Å². The van der Waals surface area contributed by atoms with Crippen molar-refractivity contribution >= 4 is 0 Å². The van der Waals surface area contributed by atoms with Crippen LogP contribution in [0.3, 0.4) is 0 Å². The summed E-state index contributed by atoms with van der Waals surface area (Å²) < 4.78 is 51.2. The van der Waals surface area contributed by atoms with Gasteiger partial charge in [0, 0.05) is 35.7 Å². The maximum absolute atomic E-state index is 13.1. The molecule has 0 saturated heterocycles. The van der Waals surface area contributed by atoms with E-state index < -0.39 is 23.3 Å². The Bertz CT molecular complexity index is 1200. The number of aromatic nitrogens is 2. The summed E-state index contributed by atoms with van der Waals surface area (Å²) in [6, 6.07) is 16.0. The first-order valence-electron chi connectivity index (χ1n) is 11.0. The molecule has 2 heterocycles. The van der Waals surface area contributed by atoms with Gasteiger partial charge in [-0.3, -0.25) is 12.2 Å². The average molecular weight is 534 g/mol. The molecule has 2 nitrogen and oxygen atoms in total. The molecular weight excluding hydrogens is 512 g/mol. The molecule has 0 amide bonds. The molecule has 0 atom stereocenters. The number of hydrogen-bond donors (Lipinski definition) is 2. The Morgan fingerprint density at radius 3 is 1.27 bits per heavy atom. The molecule has 2 aliphatic rings. The van der Waals surface area contributed by atoms with Crippen LogP contribution in [-0.2, 0) is 21.7 Å². The molecule has 6 rings (SSSR count). The minimum Gasteiger partial charge on any atom is -0.371 e. The molecule has 2 N–H and O–H groups in total. The van der Waals surface area contributed by atoms with Crippen molar-refractivity contribution in [2.45, 2.75) is 12.8 Å². The number of allylic oxidation sites excluding steroid dienone is 8. The van der Waals surface area contributed by atoms with Crippen molar-refractivity contribution in [3.8, 4) is 22.5 Å². The van der Waals surface area contributed by atoms with Gasteiger partial charge in [-0.25, -0.2) is 41.9 Å². The number of hydrogen-bond acceptors (Lipinski definition) is 0. The van der Waals surface area contributed by atoms with Gasteiger partial charge in [0.05, 0.1) is 0 Å². The largest absolute Gasteiger partial charge is 4.00 e. The molecule has 184 valence electrons. The topological polar surface area (TPSA) is 31.6 Å². The number of halogens is 4. The van der Waals surface area contributed by atoms with Gasteiger partial charge in [0.15, 0.2) is 0 Å². The van der Waals surface area contributed by atoms with E-state index in [4.69, 9.17) is 0 Å². The van der Waals surface area contributed by atoms with Crippen LogP contribution < -0.4 is 0 Å². The third-order valence-corrected chi connectivity index (χ3v) is 4.67. The Morgan fingerprint density at radius 1 is 0.595 bits per heavy atom. The SMILES string of the molecule is Fc1[c-]c(F)c(-c2ccc[nH]2)cc1.Fc1[c-]c(F)c(-c2ccc[nH]2)cc1.[C-]1=CC=CC1.[C-]1=CC=CC1.[Ti+4]. The van der Waals surface area contributed by atoms with Crippen molar-refractivity contribution < 1.29 is 39.3 Å². The van der Waals surface area contributed by atoms with E-state index in [9.17, 15) is 17.6 Å². The first-order chi connectivity index (χ1) is 17.5. The minimum absolute atomic E-state index is 0. The maximum atomic E-state index is 13.1. The van der Waals surface area contributed by atoms with E-state index in [2.05, 4.69) is 34.3 Å². The number of H-pyrrole nitrogens is 2. The summed E-state index contributed by atoms with van der Waals surface area (Å²) in [7, 11) is 0. The number of aromatic amines is 2. The molecular formula is C30H22F4N2Ti. The third kappa shape index (κ3) is 10.1. The van der Waals surface area contributed by atoms with E-state index in [1.54, 1.807) is 36.7 Å². The first-order valence-corrected chi connectivity index (χ1v) is 11.0. The molecule has 0 unspecified atom stereocenters. The summed E-state index contributed by atoms with van der Waals surface area (Å²) >= 11 is 0. The fraction of sp³-hybridized carbons (Fsp3) is 0.0667. The van der Waals surface area contributed by atoms with Crippen LogP contribution in [0.25, 0.3) is 22.5 Å². The third-order valence-electron chi connectivity index (χ3n) is 4.67. The summed E-state index contributed by atoms with van der Waals surface area (Å²) in [4.78, 5) is 5.66. The van der Waals surface area contributed by atoms with Crippen molar-refractivity contribution in [1.82, 2.24) is 9.97 Å². The van der Waals surface area contributed by atoms with Gasteiger partial charge in [-0.1, -0.05) is 11.1 Å². The first kappa shape index (κ1) is 29.6. The van der Waals surface area contributed by atoms with Crippen LogP contribution in [0.2, 0.25) is 0 Å². The molecule has 37 heavy (non-hydrogen) atoms. The van der Waals surface area contributed by atoms with Crippen LogP contribution in [0.15, 0.2) is 97.4 Å². The summed E-state index contributed by atoms with van der Waals surface area (Å²) in [6.45, 7) is 0. The van der Waals surface area contributed by atoms with E-state index in [0.717, 1.165) is 12.8 Å². The van der Waals surface area contributed by atoms with Gasteiger partial charge in [0.2, 0.25) is 0 Å². The second-order valence-electron chi connectivity index (χ2n) is 7.24. The van der Waals surface area contributed by atoms with Gasteiger partial charge in [-0.2, -0.15) is 24.3 Å². The Kier molecular flexibility index (Phi) is 13.0. The predicted molar refractivity (Wildman–Crippen MR) is 133 cm³/mol. The standard InChI is InChI=1S/2C10H6F2N.2C5H5.Ti/c2*11-7-3-4-8(9(12)6-7)10-2-1-5-13-10;2*1-2-4-5-3-1;/h2*1-5,13H;2*1-3H,4H2;/q4*-1;+4. The molecule has 0 fully saturated rings. The average Bonchev–Trinajstić information content (AvgIpc) is 3.69. The minimum atomic E-state index is -0.687. The molecule has 0 saturated carbocycles. The quantitative estimate of drug-likeness (QED) is 0.148. The summed E-state index contributed by atoms with van der Waals surface area (Å²) in [6.07, 6.45) is 23.4. The zero-order chi connectivity index (χ0) is 25.6.